The minimum absolute atomic E-state index is 0.475. The van der Waals surface area contributed by atoms with E-state index in [2.05, 4.69) is 24.7 Å². The van der Waals surface area contributed by atoms with Gasteiger partial charge in [-0.05, 0) is 24.3 Å². The molecule has 0 saturated carbocycles. The molecule has 1 heterocycles. The maximum absolute atomic E-state index is 5.83. The largest absolute Gasteiger partial charge is 0.177 e. The average molecular weight is 308 g/mol. The van der Waals surface area contributed by atoms with Gasteiger partial charge in [-0.15, -0.1) is 0 Å². The Balaban J connectivity index is 2.19. The zero-order chi connectivity index (χ0) is 9.97. The predicted molar refractivity (Wildman–Crippen MR) is 63.2 cm³/mol. The number of nitrogens with zero attached hydrogens (tertiary/aromatic N) is 2. The van der Waals surface area contributed by atoms with Crippen LogP contribution in [-0.2, 0) is 0 Å². The molecule has 0 amide bonds. The summed E-state index contributed by atoms with van der Waals surface area (Å²) in [6.45, 7) is 0. The summed E-state index contributed by atoms with van der Waals surface area (Å²) in [5.74, 6) is 0. The molecule has 0 saturated heterocycles. The third kappa shape index (κ3) is 2.48. The fraction of sp³-hybridized carbons (Fsp3) is 0. The number of rotatable bonds is 2. The van der Waals surface area contributed by atoms with E-state index in [1.165, 1.54) is 11.8 Å². The molecule has 2 aromatic rings. The van der Waals surface area contributed by atoms with Crippen LogP contribution < -0.4 is 0 Å². The van der Waals surface area contributed by atoms with Crippen molar-refractivity contribution < 1.29 is 0 Å². The maximum Gasteiger partial charge on any atom is 0.177 e. The van der Waals surface area contributed by atoms with E-state index >= 15 is 0 Å². The summed E-state index contributed by atoms with van der Waals surface area (Å²) >= 11 is 11.8. The first-order valence-electron chi connectivity index (χ1n) is 3.67. The zero-order valence-corrected chi connectivity index (χ0v) is 10.8. The highest BCUT2D eigenvalue weighted by Gasteiger charge is 2.06. The van der Waals surface area contributed by atoms with Crippen LogP contribution in [0.1, 0.15) is 0 Å². The molecule has 0 aliphatic rings. The lowest BCUT2D eigenvalue weighted by atomic mass is 10.4. The Labute approximate surface area is 103 Å². The van der Waals surface area contributed by atoms with E-state index in [9.17, 15) is 0 Å². The van der Waals surface area contributed by atoms with Gasteiger partial charge in [0.15, 0.2) is 10.2 Å². The van der Waals surface area contributed by atoms with E-state index < -0.39 is 0 Å². The Kier molecular flexibility index (Phi) is 3.43. The molecule has 6 heteroatoms. The standard InChI is InChI=1S/C8H4BrClN2S2/c9-5-1-3-6(4-2-5)13-8-7(10)11-14-12-8/h1-4H. The van der Waals surface area contributed by atoms with E-state index in [0.29, 0.717) is 5.15 Å². The fourth-order valence-corrected chi connectivity index (χ4v) is 2.70. The van der Waals surface area contributed by atoms with Gasteiger partial charge in [0.25, 0.3) is 0 Å². The summed E-state index contributed by atoms with van der Waals surface area (Å²) in [6, 6.07) is 7.97. The van der Waals surface area contributed by atoms with Crippen molar-refractivity contribution in [2.75, 3.05) is 0 Å². The van der Waals surface area contributed by atoms with Crippen molar-refractivity contribution in [3.63, 3.8) is 0 Å². The van der Waals surface area contributed by atoms with Crippen molar-refractivity contribution in [2.45, 2.75) is 9.92 Å². The second-order valence-electron chi connectivity index (χ2n) is 2.42. The van der Waals surface area contributed by atoms with Crippen LogP contribution in [0, 0.1) is 0 Å². The Morgan fingerprint density at radius 1 is 1.21 bits per heavy atom. The zero-order valence-electron chi connectivity index (χ0n) is 6.78. The topological polar surface area (TPSA) is 25.8 Å². The summed E-state index contributed by atoms with van der Waals surface area (Å²) in [5, 5.41) is 1.24. The lowest BCUT2D eigenvalue weighted by molar-refractivity contribution is 1.25. The van der Waals surface area contributed by atoms with Gasteiger partial charge in [0.2, 0.25) is 0 Å². The number of benzene rings is 1. The van der Waals surface area contributed by atoms with Crippen LogP contribution in [0.4, 0.5) is 0 Å². The number of hydrogen-bond donors (Lipinski definition) is 0. The summed E-state index contributed by atoms with van der Waals surface area (Å²) in [4.78, 5) is 1.10. The number of hydrogen-bond acceptors (Lipinski definition) is 4. The molecule has 0 fully saturated rings. The van der Waals surface area contributed by atoms with Crippen molar-refractivity contribution in [1.82, 2.24) is 8.75 Å². The Bertz CT molecular complexity index is 429. The van der Waals surface area contributed by atoms with Gasteiger partial charge in [0.1, 0.15) is 0 Å². The summed E-state index contributed by atoms with van der Waals surface area (Å²) < 4.78 is 9.04. The van der Waals surface area contributed by atoms with Crippen LogP contribution in [0.3, 0.4) is 0 Å². The molecule has 0 aliphatic carbocycles. The van der Waals surface area contributed by atoms with Crippen LogP contribution in [-0.4, -0.2) is 8.75 Å². The minimum atomic E-state index is 0.475. The predicted octanol–water partition coefficient (Wildman–Crippen LogP) is 4.11. The SMILES string of the molecule is Clc1nsnc1Sc1ccc(Br)cc1. The van der Waals surface area contributed by atoms with Crippen molar-refractivity contribution in [1.29, 1.82) is 0 Å². The Morgan fingerprint density at radius 2 is 1.93 bits per heavy atom. The average Bonchev–Trinajstić information content (AvgIpc) is 2.56. The molecule has 0 atom stereocenters. The van der Waals surface area contributed by atoms with E-state index in [4.69, 9.17) is 11.6 Å². The number of aromatic nitrogens is 2. The highest BCUT2D eigenvalue weighted by atomic mass is 79.9. The smallest absolute Gasteiger partial charge is 0.164 e. The second kappa shape index (κ2) is 4.61. The van der Waals surface area contributed by atoms with Gasteiger partial charge >= 0.3 is 0 Å². The monoisotopic (exact) mass is 306 g/mol. The molecule has 2 rings (SSSR count). The lowest BCUT2D eigenvalue weighted by Crippen LogP contribution is -1.73. The van der Waals surface area contributed by atoms with E-state index in [-0.39, 0.29) is 0 Å². The summed E-state index contributed by atoms with van der Waals surface area (Å²) in [7, 11) is 0. The molecule has 0 N–H and O–H groups in total. The molecule has 2 nitrogen and oxygen atoms in total. The first-order valence-corrected chi connectivity index (χ1v) is 6.39. The lowest BCUT2D eigenvalue weighted by Gasteiger charge is -1.97. The van der Waals surface area contributed by atoms with Gasteiger partial charge in [-0.1, -0.05) is 39.3 Å². The second-order valence-corrected chi connectivity index (χ2v) is 5.28. The van der Waals surface area contributed by atoms with E-state index in [1.807, 2.05) is 24.3 Å². The Hall–Kier alpha value is -0.100. The van der Waals surface area contributed by atoms with Crippen molar-refractivity contribution >= 4 is 51.0 Å². The van der Waals surface area contributed by atoms with Gasteiger partial charge < -0.3 is 0 Å². The van der Waals surface area contributed by atoms with Gasteiger partial charge in [0.05, 0.1) is 11.7 Å². The van der Waals surface area contributed by atoms with Crippen molar-refractivity contribution in [2.24, 2.45) is 0 Å². The molecule has 0 bridgehead atoms. The quantitative estimate of drug-likeness (QED) is 0.835. The third-order valence-corrected chi connectivity index (χ3v) is 4.08. The summed E-state index contributed by atoms with van der Waals surface area (Å²) in [5.41, 5.74) is 0. The van der Waals surface area contributed by atoms with Gasteiger partial charge in [-0.3, -0.25) is 0 Å². The Morgan fingerprint density at radius 3 is 2.50 bits per heavy atom. The first-order chi connectivity index (χ1) is 6.75. The molecule has 0 unspecified atom stereocenters. The normalized spacial score (nSPS) is 10.4. The third-order valence-electron chi connectivity index (χ3n) is 1.45. The highest BCUT2D eigenvalue weighted by Crippen LogP contribution is 2.31. The molecule has 14 heavy (non-hydrogen) atoms. The van der Waals surface area contributed by atoms with Crippen LogP contribution in [0.25, 0.3) is 0 Å². The van der Waals surface area contributed by atoms with Crippen LogP contribution in [0.15, 0.2) is 38.7 Å². The number of halogens is 2. The van der Waals surface area contributed by atoms with Crippen LogP contribution in [0.2, 0.25) is 5.15 Å². The van der Waals surface area contributed by atoms with Crippen molar-refractivity contribution in [3.8, 4) is 0 Å². The van der Waals surface area contributed by atoms with Gasteiger partial charge in [-0.2, -0.15) is 8.75 Å². The molecule has 0 radical (unpaired) electrons. The first kappa shape index (κ1) is 10.4. The van der Waals surface area contributed by atoms with E-state index in [0.717, 1.165) is 26.1 Å². The molecular formula is C8H4BrClN2S2. The van der Waals surface area contributed by atoms with Gasteiger partial charge in [0, 0.05) is 9.37 Å². The van der Waals surface area contributed by atoms with E-state index in [1.54, 1.807) is 0 Å². The van der Waals surface area contributed by atoms with Crippen LogP contribution in [0.5, 0.6) is 0 Å². The van der Waals surface area contributed by atoms with Crippen molar-refractivity contribution in [3.05, 3.63) is 33.9 Å². The maximum atomic E-state index is 5.83. The summed E-state index contributed by atoms with van der Waals surface area (Å²) in [6.07, 6.45) is 0. The molecule has 72 valence electrons. The highest BCUT2D eigenvalue weighted by molar-refractivity contribution is 9.10. The van der Waals surface area contributed by atoms with Gasteiger partial charge in [-0.25, -0.2) is 0 Å². The molecule has 0 spiro atoms. The fourth-order valence-electron chi connectivity index (χ4n) is 0.845. The van der Waals surface area contributed by atoms with Crippen LogP contribution >= 0.6 is 51.0 Å². The minimum Gasteiger partial charge on any atom is -0.164 e. The molecule has 1 aromatic heterocycles. The molecule has 1 aromatic carbocycles. The molecular weight excluding hydrogens is 304 g/mol. The molecule has 0 aliphatic heterocycles.